The lowest BCUT2D eigenvalue weighted by molar-refractivity contribution is -0.129. The molecule has 25 heavy (non-hydrogen) atoms. The molecular formula is C19H19NO4S. The van der Waals surface area contributed by atoms with Gasteiger partial charge in [-0.15, -0.1) is 11.3 Å². The zero-order chi connectivity index (χ0) is 17.8. The van der Waals surface area contributed by atoms with Gasteiger partial charge < -0.3 is 14.2 Å². The quantitative estimate of drug-likeness (QED) is 0.572. The fourth-order valence-electron chi connectivity index (χ4n) is 2.24. The number of aliphatic imine (C=N–C) groups is 1. The Bertz CT molecular complexity index is 824. The van der Waals surface area contributed by atoms with Crippen molar-refractivity contribution < 1.29 is 19.0 Å². The molecule has 0 amide bonds. The summed E-state index contributed by atoms with van der Waals surface area (Å²) in [5, 5.41) is 1.91. The van der Waals surface area contributed by atoms with E-state index in [1.165, 1.54) is 11.3 Å². The van der Waals surface area contributed by atoms with Crippen LogP contribution < -0.4 is 9.47 Å². The molecule has 0 saturated carbocycles. The molecule has 1 aliphatic heterocycles. The average molecular weight is 357 g/mol. The molecule has 0 N–H and O–H groups in total. The lowest BCUT2D eigenvalue weighted by atomic mass is 10.1. The van der Waals surface area contributed by atoms with Gasteiger partial charge in [-0.05, 0) is 48.6 Å². The van der Waals surface area contributed by atoms with Gasteiger partial charge in [-0.2, -0.15) is 0 Å². The molecule has 0 spiro atoms. The molecule has 5 nitrogen and oxygen atoms in total. The van der Waals surface area contributed by atoms with E-state index in [4.69, 9.17) is 14.2 Å². The van der Waals surface area contributed by atoms with Gasteiger partial charge in [-0.1, -0.05) is 19.1 Å². The van der Waals surface area contributed by atoms with Crippen LogP contribution in [0.15, 0.2) is 46.4 Å². The van der Waals surface area contributed by atoms with Crippen LogP contribution >= 0.6 is 11.3 Å². The number of hydrogen-bond donors (Lipinski definition) is 0. The van der Waals surface area contributed by atoms with E-state index in [0.29, 0.717) is 17.4 Å². The minimum atomic E-state index is -0.456. The predicted molar refractivity (Wildman–Crippen MR) is 98.3 cm³/mol. The Balaban J connectivity index is 1.87. The minimum absolute atomic E-state index is 0.0980. The molecule has 6 heteroatoms. The molecule has 1 atom stereocenters. The van der Waals surface area contributed by atoms with Gasteiger partial charge in [0.05, 0.1) is 18.1 Å². The largest absolute Gasteiger partial charge is 0.493 e. The Morgan fingerprint density at radius 2 is 2.16 bits per heavy atom. The van der Waals surface area contributed by atoms with E-state index in [-0.39, 0.29) is 11.8 Å². The number of cyclic esters (lactones) is 1. The number of carbonyl (C=O) groups excluding carboxylic acids is 1. The average Bonchev–Trinajstić information content (AvgIpc) is 3.26. The summed E-state index contributed by atoms with van der Waals surface area (Å²) in [6.07, 6.45) is 2.68. The second-order valence-electron chi connectivity index (χ2n) is 5.56. The zero-order valence-electron chi connectivity index (χ0n) is 14.3. The van der Waals surface area contributed by atoms with Crippen molar-refractivity contribution in [3.63, 3.8) is 0 Å². The lowest BCUT2D eigenvalue weighted by Gasteiger charge is -2.15. The molecule has 1 aromatic heterocycles. The molecule has 2 aromatic rings. The molecule has 0 radical (unpaired) electrons. The Morgan fingerprint density at radius 3 is 2.84 bits per heavy atom. The molecule has 0 bridgehead atoms. The summed E-state index contributed by atoms with van der Waals surface area (Å²) in [6, 6.07) is 9.26. The van der Waals surface area contributed by atoms with Gasteiger partial charge in [0.15, 0.2) is 17.2 Å². The van der Waals surface area contributed by atoms with E-state index in [9.17, 15) is 4.79 Å². The van der Waals surface area contributed by atoms with E-state index in [0.717, 1.165) is 16.9 Å². The summed E-state index contributed by atoms with van der Waals surface area (Å²) in [6.45, 7) is 4.06. The van der Waals surface area contributed by atoms with Crippen molar-refractivity contribution in [2.45, 2.75) is 26.4 Å². The molecule has 0 fully saturated rings. The Labute approximate surface area is 150 Å². The number of nitrogens with zero attached hydrogens (tertiary/aromatic N) is 1. The molecule has 1 unspecified atom stereocenters. The van der Waals surface area contributed by atoms with Crippen LogP contribution in [0.25, 0.3) is 6.08 Å². The predicted octanol–water partition coefficient (Wildman–Crippen LogP) is 4.28. The Hall–Kier alpha value is -2.60. The van der Waals surface area contributed by atoms with Crippen LogP contribution in [0.4, 0.5) is 0 Å². The van der Waals surface area contributed by atoms with E-state index in [2.05, 4.69) is 11.9 Å². The number of rotatable bonds is 6. The summed E-state index contributed by atoms with van der Waals surface area (Å²) < 4.78 is 16.5. The van der Waals surface area contributed by atoms with Crippen LogP contribution in [0.5, 0.6) is 11.5 Å². The van der Waals surface area contributed by atoms with Gasteiger partial charge in [-0.25, -0.2) is 9.79 Å². The van der Waals surface area contributed by atoms with Crippen molar-refractivity contribution in [1.29, 1.82) is 0 Å². The highest BCUT2D eigenvalue weighted by molar-refractivity contribution is 7.12. The number of ether oxygens (including phenoxy) is 3. The lowest BCUT2D eigenvalue weighted by Crippen LogP contribution is -2.10. The van der Waals surface area contributed by atoms with E-state index < -0.39 is 5.97 Å². The minimum Gasteiger partial charge on any atom is -0.493 e. The molecule has 3 rings (SSSR count). The second kappa shape index (κ2) is 7.53. The molecule has 1 aromatic carbocycles. The van der Waals surface area contributed by atoms with Crippen molar-refractivity contribution >= 4 is 29.3 Å². The van der Waals surface area contributed by atoms with Crippen molar-refractivity contribution in [2.75, 3.05) is 7.11 Å². The first-order chi connectivity index (χ1) is 12.1. The van der Waals surface area contributed by atoms with Gasteiger partial charge >= 0.3 is 5.97 Å². The summed E-state index contributed by atoms with van der Waals surface area (Å²) in [4.78, 5) is 17.1. The summed E-state index contributed by atoms with van der Waals surface area (Å²) in [5.41, 5.74) is 1.05. The number of esters is 1. The number of methoxy groups -OCH3 is 1. The highest BCUT2D eigenvalue weighted by Crippen LogP contribution is 2.31. The maximum Gasteiger partial charge on any atom is 0.363 e. The number of hydrogen-bond acceptors (Lipinski definition) is 6. The fraction of sp³-hybridized carbons (Fsp3) is 0.263. The van der Waals surface area contributed by atoms with Crippen molar-refractivity contribution in [1.82, 2.24) is 0 Å². The van der Waals surface area contributed by atoms with Crippen molar-refractivity contribution in [3.05, 3.63) is 51.8 Å². The van der Waals surface area contributed by atoms with Crippen LogP contribution in [0, 0.1) is 0 Å². The summed E-state index contributed by atoms with van der Waals surface area (Å²) in [7, 11) is 1.59. The van der Waals surface area contributed by atoms with Gasteiger partial charge in [0.1, 0.15) is 0 Å². The van der Waals surface area contributed by atoms with E-state index in [1.807, 2.05) is 42.6 Å². The van der Waals surface area contributed by atoms with Crippen molar-refractivity contribution in [2.24, 2.45) is 4.99 Å². The van der Waals surface area contributed by atoms with Crippen LogP contribution in [-0.4, -0.2) is 25.1 Å². The first-order valence-corrected chi connectivity index (χ1v) is 8.89. The normalized spacial score (nSPS) is 16.5. The van der Waals surface area contributed by atoms with Crippen LogP contribution in [0.2, 0.25) is 0 Å². The van der Waals surface area contributed by atoms with Gasteiger partial charge in [0, 0.05) is 0 Å². The maximum absolute atomic E-state index is 12.0. The van der Waals surface area contributed by atoms with E-state index >= 15 is 0 Å². The number of carbonyl (C=O) groups is 1. The fourth-order valence-corrected chi connectivity index (χ4v) is 2.89. The maximum atomic E-state index is 12.0. The molecule has 2 heterocycles. The van der Waals surface area contributed by atoms with Crippen LogP contribution in [-0.2, 0) is 9.53 Å². The van der Waals surface area contributed by atoms with Gasteiger partial charge in [0.25, 0.3) is 0 Å². The van der Waals surface area contributed by atoms with E-state index in [1.54, 1.807) is 13.2 Å². The molecule has 0 saturated heterocycles. The van der Waals surface area contributed by atoms with Crippen molar-refractivity contribution in [3.8, 4) is 11.5 Å². The molecule has 1 aliphatic rings. The smallest absolute Gasteiger partial charge is 0.363 e. The second-order valence-corrected chi connectivity index (χ2v) is 6.51. The molecule has 0 aliphatic carbocycles. The first-order valence-electron chi connectivity index (χ1n) is 8.02. The standard InChI is InChI=1S/C19H19NO4S/c1-4-12(2)23-15-8-7-13(11-16(15)22-3)10-14-19(21)24-18(20-14)17-6-5-9-25-17/h5-12H,4H2,1-3H3/b14-10+. The third kappa shape index (κ3) is 3.91. The monoisotopic (exact) mass is 357 g/mol. The van der Waals surface area contributed by atoms with Crippen LogP contribution in [0.1, 0.15) is 30.7 Å². The molecular weight excluding hydrogens is 338 g/mol. The highest BCUT2D eigenvalue weighted by Gasteiger charge is 2.24. The molecule has 130 valence electrons. The topological polar surface area (TPSA) is 57.1 Å². The first kappa shape index (κ1) is 17.2. The Morgan fingerprint density at radius 1 is 1.32 bits per heavy atom. The highest BCUT2D eigenvalue weighted by atomic mass is 32.1. The SMILES string of the molecule is CCC(C)Oc1ccc(/C=C2/N=C(c3cccs3)OC2=O)cc1OC. The summed E-state index contributed by atoms with van der Waals surface area (Å²) in [5.74, 6) is 1.18. The third-order valence-corrected chi connectivity index (χ3v) is 4.60. The third-order valence-electron chi connectivity index (χ3n) is 3.75. The zero-order valence-corrected chi connectivity index (χ0v) is 15.1. The van der Waals surface area contributed by atoms with Gasteiger partial charge in [-0.3, -0.25) is 0 Å². The van der Waals surface area contributed by atoms with Gasteiger partial charge in [0.2, 0.25) is 5.90 Å². The number of benzene rings is 1. The van der Waals surface area contributed by atoms with Crippen LogP contribution in [0.3, 0.4) is 0 Å². The number of thiophene rings is 1. The summed E-state index contributed by atoms with van der Waals surface area (Å²) >= 11 is 1.47. The Kier molecular flexibility index (Phi) is 5.19.